The van der Waals surface area contributed by atoms with E-state index < -0.39 is 53.1 Å². The number of carbonyl (C=O) groups is 5. The molecule has 2 heterocycles. The number of hydrogen-bond acceptors (Lipinski definition) is 9. The van der Waals surface area contributed by atoms with Gasteiger partial charge < -0.3 is 36.0 Å². The molecule has 4 amide bonds. The van der Waals surface area contributed by atoms with Crippen molar-refractivity contribution in [3.63, 3.8) is 0 Å². The zero-order valence-corrected chi connectivity index (χ0v) is 37.5. The number of carbonyl (C=O) groups excluding carboxylic acids is 4. The lowest BCUT2D eigenvalue weighted by atomic mass is 9.81. The number of aryl methyl sites for hydroxylation is 1. The number of hydrogen-bond donors (Lipinski definition) is 6. The third kappa shape index (κ3) is 12.3. The van der Waals surface area contributed by atoms with Gasteiger partial charge in [-0.05, 0) is 151 Å². The Morgan fingerprint density at radius 3 is 2.14 bits per heavy atom. The summed E-state index contributed by atoms with van der Waals surface area (Å²) >= 11 is 0. The average Bonchev–Trinajstić information content (AvgIpc) is 3.78. The monoisotopic (exact) mass is 920 g/mol. The molecule has 6 N–H and O–H groups in total. The van der Waals surface area contributed by atoms with Crippen molar-refractivity contribution in [3.8, 4) is 22.5 Å². The Hall–Kier alpha value is -6.37. The lowest BCUT2D eigenvalue weighted by molar-refractivity contribution is -0.231. The van der Waals surface area contributed by atoms with Gasteiger partial charge in [0, 0.05) is 41.7 Å². The molecule has 0 bridgehead atoms. The van der Waals surface area contributed by atoms with Crippen LogP contribution >= 0.6 is 0 Å². The van der Waals surface area contributed by atoms with E-state index in [0.29, 0.717) is 37.8 Å². The summed E-state index contributed by atoms with van der Waals surface area (Å²) in [6.45, 7) is 9.54. The van der Waals surface area contributed by atoms with Gasteiger partial charge >= 0.3 is 23.9 Å². The highest BCUT2D eigenvalue weighted by molar-refractivity contribution is 5.98. The minimum atomic E-state index is -5.46. The van der Waals surface area contributed by atoms with Gasteiger partial charge in [0.15, 0.2) is 5.82 Å². The number of amides is 4. The van der Waals surface area contributed by atoms with Gasteiger partial charge in [0.1, 0.15) is 11.6 Å². The molecule has 354 valence electrons. The highest BCUT2D eigenvalue weighted by Crippen LogP contribution is 2.42. The largest absolute Gasteiger partial charge is 0.477 e. The maximum atomic E-state index is 14.3. The fourth-order valence-corrected chi connectivity index (χ4v) is 7.97. The molecule has 15 nitrogen and oxygen atoms in total. The van der Waals surface area contributed by atoms with Crippen molar-refractivity contribution in [1.29, 1.82) is 0 Å². The van der Waals surface area contributed by atoms with E-state index in [2.05, 4.69) is 43.3 Å². The molecular weight excluding hydrogens is 865 g/mol. The average molecular weight is 921 g/mol. The van der Waals surface area contributed by atoms with Crippen molar-refractivity contribution in [2.45, 2.75) is 102 Å². The molecule has 3 aromatic carbocycles. The van der Waals surface area contributed by atoms with Crippen LogP contribution in [0.25, 0.3) is 22.5 Å². The van der Waals surface area contributed by atoms with E-state index in [4.69, 9.17) is 9.84 Å². The zero-order chi connectivity index (χ0) is 48.0. The Balaban J connectivity index is 1.15. The van der Waals surface area contributed by atoms with Gasteiger partial charge in [0.25, 0.3) is 5.91 Å². The minimum absolute atomic E-state index is 0.0884. The van der Waals surface area contributed by atoms with Crippen LogP contribution in [-0.2, 0) is 31.5 Å². The van der Waals surface area contributed by atoms with E-state index >= 15 is 0 Å². The van der Waals surface area contributed by atoms with Crippen LogP contribution in [0.4, 0.5) is 28.0 Å². The summed E-state index contributed by atoms with van der Waals surface area (Å²) in [5.74, 6) is -17.0. The van der Waals surface area contributed by atoms with Crippen LogP contribution in [0.2, 0.25) is 0 Å². The molecule has 1 atom stereocenters. The Morgan fingerprint density at radius 1 is 0.879 bits per heavy atom. The molecule has 2 aliphatic rings. The van der Waals surface area contributed by atoms with Gasteiger partial charge in [-0.25, -0.2) is 14.6 Å². The van der Waals surface area contributed by atoms with Crippen LogP contribution in [0.1, 0.15) is 86.6 Å². The van der Waals surface area contributed by atoms with Gasteiger partial charge in [-0.2, -0.15) is 22.7 Å². The molecule has 1 saturated carbocycles. The topological polar surface area (TPSA) is 208 Å². The molecule has 1 aliphatic carbocycles. The van der Waals surface area contributed by atoms with Gasteiger partial charge in [-0.3, -0.25) is 19.5 Å². The van der Waals surface area contributed by atoms with Gasteiger partial charge in [-0.1, -0.05) is 30.3 Å². The van der Waals surface area contributed by atoms with E-state index in [-0.39, 0.29) is 47.4 Å². The summed E-state index contributed by atoms with van der Waals surface area (Å²) in [5.41, 5.74) is 3.66. The minimum Gasteiger partial charge on any atom is -0.477 e. The summed E-state index contributed by atoms with van der Waals surface area (Å²) < 4.78 is 61.5. The number of carboxylic acids is 1. The van der Waals surface area contributed by atoms with Crippen LogP contribution in [0, 0.1) is 18.8 Å². The van der Waals surface area contributed by atoms with Gasteiger partial charge in [0.2, 0.25) is 17.6 Å². The van der Waals surface area contributed by atoms with Crippen molar-refractivity contribution in [3.05, 3.63) is 89.2 Å². The number of carboxylic acid groups (broad SMARTS) is 1. The number of aromatic nitrogens is 3. The molecule has 0 radical (unpaired) electrons. The molecule has 19 heteroatoms. The Labute approximate surface area is 379 Å². The quantitative estimate of drug-likeness (QED) is 0.0668. The SMILES string of the molecule is Cc1ccc(C(=O)NC2CCN(C)CC2)cc1-c1ccc(CC(NC(=O)C2CCC(CNC(=O)OC(C)(C)C)CC2)C(=O)Nc2ccc(-c3n[nH]c(C(F)(F)C(F)(F)C(=O)O)n3)cc2)cc1. The number of anilines is 1. The summed E-state index contributed by atoms with van der Waals surface area (Å²) in [6, 6.07) is 17.6. The van der Waals surface area contributed by atoms with Gasteiger partial charge in [0.05, 0.1) is 0 Å². The van der Waals surface area contributed by atoms with Crippen molar-refractivity contribution in [2.24, 2.45) is 11.8 Å². The van der Waals surface area contributed by atoms with E-state index in [1.54, 1.807) is 25.9 Å². The molecule has 4 aromatic rings. The third-order valence-corrected chi connectivity index (χ3v) is 11.9. The number of ether oxygens (including phenoxy) is 1. The number of aromatic amines is 1. The van der Waals surface area contributed by atoms with Crippen LogP contribution in [0.15, 0.2) is 66.7 Å². The predicted molar refractivity (Wildman–Crippen MR) is 237 cm³/mol. The number of alkyl carbamates (subject to hydrolysis) is 1. The zero-order valence-electron chi connectivity index (χ0n) is 37.5. The normalized spacial score (nSPS) is 17.9. The van der Waals surface area contributed by atoms with Crippen molar-refractivity contribution in [1.82, 2.24) is 36.0 Å². The molecule has 0 spiro atoms. The standard InChI is InChI=1S/C47H56F4N8O7/c1-27-6-11-33(40(61)53-35-20-22-59(5)23-21-35)25-36(27)30-12-7-28(8-13-30)24-37(55-39(60)32-14-9-29(10-15-32)26-52-44(65)66-45(2,3)4)41(62)54-34-18-16-31(17-19-34)38-56-42(58-57-38)46(48,49)47(50,51)43(63)64/h6-8,11-13,16-19,25,29,32,35,37H,9-10,14-15,20-24,26H2,1-5H3,(H,52,65)(H,53,61)(H,54,62)(H,55,60)(H,63,64)(H,56,57,58). The summed E-state index contributed by atoms with van der Waals surface area (Å²) in [4.78, 5) is 69.7. The summed E-state index contributed by atoms with van der Waals surface area (Å²) in [5, 5.41) is 25.5. The number of nitrogens with one attached hydrogen (secondary N) is 5. The number of benzene rings is 3. The first-order chi connectivity index (χ1) is 31.1. The number of likely N-dealkylation sites (tertiary alicyclic amines) is 1. The number of piperidine rings is 1. The maximum Gasteiger partial charge on any atom is 0.411 e. The lowest BCUT2D eigenvalue weighted by Gasteiger charge is -2.29. The number of aliphatic carboxylic acids is 1. The van der Waals surface area contributed by atoms with Crippen molar-refractivity contribution in [2.75, 3.05) is 32.0 Å². The van der Waals surface area contributed by atoms with Crippen LogP contribution < -0.4 is 21.3 Å². The molecular formula is C47H56F4N8O7. The van der Waals surface area contributed by atoms with Crippen molar-refractivity contribution < 1.29 is 51.4 Å². The predicted octanol–water partition coefficient (Wildman–Crippen LogP) is 7.08. The number of nitrogens with zero attached hydrogens (tertiary/aromatic N) is 3. The lowest BCUT2D eigenvalue weighted by Crippen LogP contribution is -2.48. The molecule has 1 aliphatic heterocycles. The number of rotatable bonds is 15. The first kappa shape index (κ1) is 49.1. The Bertz CT molecular complexity index is 2370. The van der Waals surface area contributed by atoms with Crippen molar-refractivity contribution >= 4 is 35.5 Å². The molecule has 1 saturated heterocycles. The van der Waals surface area contributed by atoms with E-state index in [1.165, 1.54) is 24.3 Å². The fraction of sp³-hybridized carbons (Fsp3) is 0.468. The first-order valence-corrected chi connectivity index (χ1v) is 21.9. The Morgan fingerprint density at radius 2 is 1.52 bits per heavy atom. The van der Waals surface area contributed by atoms with E-state index in [1.807, 2.05) is 49.4 Å². The van der Waals surface area contributed by atoms with E-state index in [0.717, 1.165) is 48.2 Å². The van der Waals surface area contributed by atoms with Gasteiger partial charge in [-0.15, -0.1) is 0 Å². The second-order valence-corrected chi connectivity index (χ2v) is 18.2. The summed E-state index contributed by atoms with van der Waals surface area (Å²) in [7, 11) is 2.06. The second-order valence-electron chi connectivity index (χ2n) is 18.2. The van der Waals surface area contributed by atoms with Crippen LogP contribution in [0.3, 0.4) is 0 Å². The van der Waals surface area contributed by atoms with Crippen LogP contribution in [-0.4, -0.2) is 105 Å². The maximum absolute atomic E-state index is 14.3. The molecule has 1 aromatic heterocycles. The molecule has 1 unspecified atom stereocenters. The fourth-order valence-electron chi connectivity index (χ4n) is 7.97. The smallest absolute Gasteiger partial charge is 0.411 e. The van der Waals surface area contributed by atoms with Crippen LogP contribution in [0.5, 0.6) is 0 Å². The Kier molecular flexibility index (Phi) is 15.2. The second kappa shape index (κ2) is 20.4. The highest BCUT2D eigenvalue weighted by atomic mass is 19.3. The first-order valence-electron chi connectivity index (χ1n) is 21.9. The highest BCUT2D eigenvalue weighted by Gasteiger charge is 2.65. The molecule has 2 fully saturated rings. The molecule has 6 rings (SSSR count). The number of H-pyrrole nitrogens is 1. The van der Waals surface area contributed by atoms with E-state index in [9.17, 15) is 41.5 Å². The third-order valence-electron chi connectivity index (χ3n) is 11.9. The number of alkyl halides is 4. The number of halogens is 4. The molecule has 66 heavy (non-hydrogen) atoms. The summed E-state index contributed by atoms with van der Waals surface area (Å²) in [6.07, 6.45) is 3.76.